The van der Waals surface area contributed by atoms with Crippen LogP contribution in [0.25, 0.3) is 0 Å². The van der Waals surface area contributed by atoms with Gasteiger partial charge in [0, 0.05) is 32.7 Å². The number of ether oxygens (including phenoxy) is 3. The van der Waals surface area contributed by atoms with E-state index in [0.29, 0.717) is 32.8 Å². The second-order valence-corrected chi connectivity index (χ2v) is 4.34. The zero-order valence-electron chi connectivity index (χ0n) is 12.5. The molecule has 0 unspecified atom stereocenters. The monoisotopic (exact) mass is 304 g/mol. The van der Waals surface area contributed by atoms with Crippen molar-refractivity contribution in [1.82, 2.24) is 4.98 Å². The molecule has 1 aromatic heterocycles. The summed E-state index contributed by atoms with van der Waals surface area (Å²) >= 11 is 0. The summed E-state index contributed by atoms with van der Waals surface area (Å²) < 4.78 is 42.3. The first-order valence-corrected chi connectivity index (χ1v) is 6.98. The van der Waals surface area contributed by atoms with Crippen molar-refractivity contribution < 1.29 is 23.0 Å². The summed E-state index contributed by atoms with van der Waals surface area (Å²) in [6.07, 6.45) is 1.40. The topological polar surface area (TPSA) is 52.6 Å². The molecule has 0 aliphatic rings. The molecule has 0 fully saturated rings. The number of nitrogens with zero attached hydrogens (tertiary/aromatic N) is 1. The van der Waals surface area contributed by atoms with E-state index >= 15 is 0 Å². The number of nitrogens with one attached hydrogen (secondary N) is 1. The molecule has 0 saturated heterocycles. The summed E-state index contributed by atoms with van der Waals surface area (Å²) in [4.78, 5) is 3.81. The third kappa shape index (κ3) is 6.68. The Labute approximate surface area is 123 Å². The summed E-state index contributed by atoms with van der Waals surface area (Å²) in [6.45, 7) is 4.26. The number of hydrogen-bond donors (Lipinski definition) is 1. The summed E-state index contributed by atoms with van der Waals surface area (Å²) in [5, 5.41) is 2.78. The highest BCUT2D eigenvalue weighted by molar-refractivity contribution is 5.39. The van der Waals surface area contributed by atoms with E-state index in [2.05, 4.69) is 10.3 Å². The van der Waals surface area contributed by atoms with Crippen LogP contribution in [0.2, 0.25) is 0 Å². The van der Waals surface area contributed by atoms with Gasteiger partial charge in [0.2, 0.25) is 0 Å². The molecule has 1 rings (SSSR count). The lowest BCUT2D eigenvalue weighted by molar-refractivity contribution is 0.0639. The van der Waals surface area contributed by atoms with Gasteiger partial charge >= 0.3 is 0 Å². The largest absolute Gasteiger partial charge is 0.475 e. The predicted molar refractivity (Wildman–Crippen MR) is 75.7 cm³/mol. The van der Waals surface area contributed by atoms with Gasteiger partial charge in [-0.25, -0.2) is 8.78 Å². The van der Waals surface area contributed by atoms with Gasteiger partial charge in [-0.15, -0.1) is 0 Å². The molecule has 0 aliphatic heterocycles. The fourth-order valence-electron chi connectivity index (χ4n) is 1.49. The molecule has 21 heavy (non-hydrogen) atoms. The van der Waals surface area contributed by atoms with Crippen LogP contribution in [0.3, 0.4) is 0 Å². The molecule has 0 bridgehead atoms. The van der Waals surface area contributed by atoms with Crippen LogP contribution in [0.5, 0.6) is 5.88 Å². The molecule has 5 nitrogen and oxygen atoms in total. The number of aromatic nitrogens is 1. The second kappa shape index (κ2) is 10.3. The van der Waals surface area contributed by atoms with Gasteiger partial charge in [0.25, 0.3) is 5.88 Å². The molecule has 120 valence electrons. The summed E-state index contributed by atoms with van der Waals surface area (Å²) in [5.74, 6) is -1.73. The molecule has 0 radical (unpaired) electrons. The lowest BCUT2D eigenvalue weighted by Crippen LogP contribution is -2.10. The molecule has 0 saturated carbocycles. The van der Waals surface area contributed by atoms with Gasteiger partial charge in [-0.3, -0.25) is 0 Å². The number of halogens is 2. The Morgan fingerprint density at radius 2 is 1.95 bits per heavy atom. The number of hydrogen-bond acceptors (Lipinski definition) is 5. The van der Waals surface area contributed by atoms with Crippen LogP contribution in [0, 0.1) is 11.6 Å². The first-order chi connectivity index (χ1) is 10.2. The van der Waals surface area contributed by atoms with Crippen molar-refractivity contribution in [3.63, 3.8) is 0 Å². The highest BCUT2D eigenvalue weighted by Crippen LogP contribution is 2.20. The van der Waals surface area contributed by atoms with E-state index in [9.17, 15) is 8.78 Å². The molecule has 0 aromatic carbocycles. The van der Waals surface area contributed by atoms with Crippen LogP contribution in [0.15, 0.2) is 6.07 Å². The Morgan fingerprint density at radius 1 is 1.14 bits per heavy atom. The van der Waals surface area contributed by atoms with E-state index in [1.54, 1.807) is 7.11 Å². The van der Waals surface area contributed by atoms with E-state index in [4.69, 9.17) is 14.2 Å². The van der Waals surface area contributed by atoms with Gasteiger partial charge in [-0.1, -0.05) is 6.92 Å². The maximum absolute atomic E-state index is 13.5. The molecule has 1 heterocycles. The summed E-state index contributed by atoms with van der Waals surface area (Å²) in [5.41, 5.74) is 0. The highest BCUT2D eigenvalue weighted by atomic mass is 19.1. The second-order valence-electron chi connectivity index (χ2n) is 4.34. The van der Waals surface area contributed by atoms with Crippen molar-refractivity contribution in [2.45, 2.75) is 19.8 Å². The van der Waals surface area contributed by atoms with Gasteiger partial charge in [0.15, 0.2) is 17.5 Å². The van der Waals surface area contributed by atoms with E-state index in [-0.39, 0.29) is 18.3 Å². The zero-order valence-corrected chi connectivity index (χ0v) is 12.5. The first-order valence-electron chi connectivity index (χ1n) is 6.98. The number of rotatable bonds is 11. The fraction of sp³-hybridized carbons (Fsp3) is 0.643. The molecule has 7 heteroatoms. The van der Waals surface area contributed by atoms with Crippen molar-refractivity contribution >= 4 is 5.82 Å². The highest BCUT2D eigenvalue weighted by Gasteiger charge is 2.12. The average Bonchev–Trinajstić information content (AvgIpc) is 2.47. The number of pyridine rings is 1. The van der Waals surface area contributed by atoms with Crippen LogP contribution in [0.4, 0.5) is 14.6 Å². The van der Waals surface area contributed by atoms with Crippen LogP contribution < -0.4 is 10.1 Å². The van der Waals surface area contributed by atoms with Crippen molar-refractivity contribution in [3.05, 3.63) is 17.7 Å². The van der Waals surface area contributed by atoms with Crippen LogP contribution >= 0.6 is 0 Å². The first kappa shape index (κ1) is 17.6. The summed E-state index contributed by atoms with van der Waals surface area (Å²) in [6, 6.07) is 0.773. The van der Waals surface area contributed by atoms with Crippen LogP contribution in [0.1, 0.15) is 19.8 Å². The predicted octanol–water partition coefficient (Wildman–Crippen LogP) is 2.61. The van der Waals surface area contributed by atoms with Crippen molar-refractivity contribution in [2.75, 3.05) is 45.4 Å². The lowest BCUT2D eigenvalue weighted by Gasteiger charge is -2.10. The fourth-order valence-corrected chi connectivity index (χ4v) is 1.49. The van der Waals surface area contributed by atoms with Crippen molar-refractivity contribution in [3.8, 4) is 5.88 Å². The van der Waals surface area contributed by atoms with E-state index < -0.39 is 11.6 Å². The summed E-state index contributed by atoms with van der Waals surface area (Å²) in [7, 11) is 1.60. The Kier molecular flexibility index (Phi) is 8.61. The molecule has 0 amide bonds. The van der Waals surface area contributed by atoms with Gasteiger partial charge < -0.3 is 19.5 Å². The minimum absolute atomic E-state index is 0.00425. The van der Waals surface area contributed by atoms with Gasteiger partial charge in [0.1, 0.15) is 0 Å². The van der Waals surface area contributed by atoms with Gasteiger partial charge in [-0.2, -0.15) is 4.98 Å². The maximum atomic E-state index is 13.5. The van der Waals surface area contributed by atoms with E-state index in [0.717, 1.165) is 12.5 Å². The molecular weight excluding hydrogens is 282 g/mol. The average molecular weight is 304 g/mol. The Bertz CT molecular complexity index is 419. The zero-order chi connectivity index (χ0) is 15.5. The Hall–Kier alpha value is -1.47. The molecule has 1 N–H and O–H groups in total. The standard InChI is InChI=1S/C14H22F2N2O3/c1-3-5-17-13-11(15)10-12(16)14(18-13)21-7-4-6-20-9-8-19-2/h10H,3-9H2,1-2H3,(H,17,18). The SMILES string of the molecule is CCCNc1nc(OCCCOCCOC)c(F)cc1F. The number of methoxy groups -OCH3 is 1. The third-order valence-corrected chi connectivity index (χ3v) is 2.54. The minimum atomic E-state index is -0.810. The smallest absolute Gasteiger partial charge is 0.252 e. The quantitative estimate of drug-likeness (QED) is 0.637. The molecule has 0 atom stereocenters. The molecule has 1 aromatic rings. The molecular formula is C14H22F2N2O3. The van der Waals surface area contributed by atoms with E-state index in [1.807, 2.05) is 6.92 Å². The molecule has 0 spiro atoms. The minimum Gasteiger partial charge on any atom is -0.475 e. The van der Waals surface area contributed by atoms with Gasteiger partial charge in [0.05, 0.1) is 19.8 Å². The molecule has 0 aliphatic carbocycles. The Morgan fingerprint density at radius 3 is 2.67 bits per heavy atom. The van der Waals surface area contributed by atoms with Crippen LogP contribution in [-0.2, 0) is 9.47 Å². The van der Waals surface area contributed by atoms with Crippen molar-refractivity contribution in [2.24, 2.45) is 0 Å². The van der Waals surface area contributed by atoms with Crippen LogP contribution in [-0.4, -0.2) is 45.1 Å². The lowest BCUT2D eigenvalue weighted by atomic mass is 10.4. The number of anilines is 1. The van der Waals surface area contributed by atoms with E-state index in [1.165, 1.54) is 0 Å². The normalized spacial score (nSPS) is 10.7. The van der Waals surface area contributed by atoms with Gasteiger partial charge in [-0.05, 0) is 6.42 Å². The third-order valence-electron chi connectivity index (χ3n) is 2.54. The maximum Gasteiger partial charge on any atom is 0.252 e. The Balaban J connectivity index is 2.39. The van der Waals surface area contributed by atoms with Crippen molar-refractivity contribution in [1.29, 1.82) is 0 Å².